The van der Waals surface area contributed by atoms with E-state index in [0.717, 1.165) is 5.56 Å². The van der Waals surface area contributed by atoms with Crippen molar-refractivity contribution >= 4 is 19.3 Å². The van der Waals surface area contributed by atoms with E-state index in [1.54, 1.807) is 6.26 Å². The molecule has 0 saturated carbocycles. The van der Waals surface area contributed by atoms with Crippen LogP contribution in [0.25, 0.3) is 6.08 Å². The normalized spacial score (nSPS) is 11.5. The van der Waals surface area contributed by atoms with E-state index in [1.165, 1.54) is 5.19 Å². The van der Waals surface area contributed by atoms with Gasteiger partial charge in [-0.05, 0) is 5.19 Å². The highest BCUT2D eigenvalue weighted by Gasteiger charge is 2.20. The fourth-order valence-corrected chi connectivity index (χ4v) is 2.52. The molecular weight excluding hydrogens is 152 g/mol. The molecule has 0 saturated heterocycles. The molecule has 0 bridgehead atoms. The smallest absolute Gasteiger partial charge is 0.0973 e. The lowest BCUT2D eigenvalue weighted by Crippen LogP contribution is -2.37. The van der Waals surface area contributed by atoms with E-state index in [4.69, 9.17) is 4.42 Å². The van der Waals surface area contributed by atoms with Gasteiger partial charge < -0.3 is 4.42 Å². The summed E-state index contributed by atoms with van der Waals surface area (Å²) in [5, 5.41) is 1.35. The van der Waals surface area contributed by atoms with Crippen molar-refractivity contribution in [3.05, 3.63) is 24.7 Å². The molecule has 1 rings (SSSR count). The van der Waals surface area contributed by atoms with Crippen molar-refractivity contribution in [3.63, 3.8) is 0 Å². The average molecular weight is 166 g/mol. The van der Waals surface area contributed by atoms with Crippen LogP contribution in [0, 0.1) is 0 Å². The fraction of sp³-hybridized carbons (Fsp3) is 0.333. The largest absolute Gasteiger partial charge is 0.472 e. The summed E-state index contributed by atoms with van der Waals surface area (Å²) in [6.07, 6.45) is 5.47. The second kappa shape index (κ2) is 2.70. The maximum Gasteiger partial charge on any atom is 0.0973 e. The minimum Gasteiger partial charge on any atom is -0.472 e. The molecule has 0 unspecified atom stereocenters. The van der Waals surface area contributed by atoms with Crippen LogP contribution in [0.1, 0.15) is 5.56 Å². The summed E-state index contributed by atoms with van der Waals surface area (Å²) in [6.45, 7) is 10.6. The van der Waals surface area contributed by atoms with E-state index in [9.17, 15) is 0 Å². The molecular formula is C9H14OSi. The van der Waals surface area contributed by atoms with Crippen molar-refractivity contribution in [1.82, 2.24) is 0 Å². The number of hydrogen-bond acceptors (Lipinski definition) is 1. The predicted molar refractivity (Wildman–Crippen MR) is 51.8 cm³/mol. The highest BCUT2D eigenvalue weighted by molar-refractivity contribution is 6.89. The maximum absolute atomic E-state index is 5.13. The first-order valence-corrected chi connectivity index (χ1v) is 7.25. The van der Waals surface area contributed by atoms with Crippen molar-refractivity contribution in [1.29, 1.82) is 0 Å². The van der Waals surface area contributed by atoms with Gasteiger partial charge in [0.1, 0.15) is 0 Å². The SMILES string of the molecule is C=Cc1cocc1[Si](C)(C)C. The molecule has 0 atom stereocenters. The summed E-state index contributed by atoms with van der Waals surface area (Å²) in [5.41, 5.74) is 1.16. The molecule has 1 aromatic rings. The first kappa shape index (κ1) is 8.33. The summed E-state index contributed by atoms with van der Waals surface area (Å²) in [7, 11) is -1.21. The third-order valence-corrected chi connectivity index (χ3v) is 3.74. The molecule has 0 fully saturated rings. The van der Waals surface area contributed by atoms with E-state index < -0.39 is 8.07 Å². The molecule has 0 spiro atoms. The third kappa shape index (κ3) is 1.63. The van der Waals surface area contributed by atoms with Crippen LogP contribution in [-0.2, 0) is 0 Å². The first-order valence-electron chi connectivity index (χ1n) is 3.75. The Balaban J connectivity index is 3.12. The van der Waals surface area contributed by atoms with Crippen LogP contribution >= 0.6 is 0 Å². The summed E-state index contributed by atoms with van der Waals surface area (Å²) in [5.74, 6) is 0. The Kier molecular flexibility index (Phi) is 2.05. The molecule has 0 aliphatic rings. The van der Waals surface area contributed by atoms with Crippen molar-refractivity contribution in [2.24, 2.45) is 0 Å². The third-order valence-electron chi connectivity index (χ3n) is 1.72. The quantitative estimate of drug-likeness (QED) is 0.615. The lowest BCUT2D eigenvalue weighted by atomic mass is 10.3. The predicted octanol–water partition coefficient (Wildman–Crippen LogP) is 2.47. The van der Waals surface area contributed by atoms with Gasteiger partial charge in [-0.2, -0.15) is 0 Å². The van der Waals surface area contributed by atoms with Crippen LogP contribution in [-0.4, -0.2) is 8.07 Å². The standard InChI is InChI=1S/C9H14OSi/c1-5-8-6-10-7-9(8)11(2,3)4/h5-7H,1H2,2-4H3. The second-order valence-electron chi connectivity index (χ2n) is 3.69. The van der Waals surface area contributed by atoms with E-state index in [2.05, 4.69) is 26.2 Å². The molecule has 0 radical (unpaired) electrons. The van der Waals surface area contributed by atoms with E-state index >= 15 is 0 Å². The number of hydrogen-bond donors (Lipinski definition) is 0. The lowest BCUT2D eigenvalue weighted by Gasteiger charge is -2.14. The molecule has 0 aliphatic carbocycles. The van der Waals surface area contributed by atoms with E-state index in [0.29, 0.717) is 0 Å². The van der Waals surface area contributed by atoms with Gasteiger partial charge in [-0.15, -0.1) is 0 Å². The minimum atomic E-state index is -1.21. The second-order valence-corrected chi connectivity index (χ2v) is 8.73. The lowest BCUT2D eigenvalue weighted by molar-refractivity contribution is 0.568. The Morgan fingerprint density at radius 1 is 1.36 bits per heavy atom. The van der Waals surface area contributed by atoms with Crippen molar-refractivity contribution in [2.45, 2.75) is 19.6 Å². The Hall–Kier alpha value is -0.763. The molecule has 0 aliphatic heterocycles. The molecule has 1 nitrogen and oxygen atoms in total. The van der Waals surface area contributed by atoms with Crippen LogP contribution in [0.4, 0.5) is 0 Å². The molecule has 1 aromatic heterocycles. The van der Waals surface area contributed by atoms with Crippen LogP contribution in [0.2, 0.25) is 19.6 Å². The molecule has 1 heterocycles. The first-order chi connectivity index (χ1) is 5.05. The zero-order chi connectivity index (χ0) is 8.48. The van der Waals surface area contributed by atoms with Gasteiger partial charge in [0.15, 0.2) is 0 Å². The highest BCUT2D eigenvalue weighted by Crippen LogP contribution is 2.08. The van der Waals surface area contributed by atoms with Gasteiger partial charge in [-0.3, -0.25) is 0 Å². The van der Waals surface area contributed by atoms with Gasteiger partial charge in [0, 0.05) is 5.56 Å². The van der Waals surface area contributed by atoms with Gasteiger partial charge in [0.25, 0.3) is 0 Å². The summed E-state index contributed by atoms with van der Waals surface area (Å²) in [6, 6.07) is 0. The van der Waals surface area contributed by atoms with Crippen LogP contribution in [0.3, 0.4) is 0 Å². The molecule has 2 heteroatoms. The van der Waals surface area contributed by atoms with Gasteiger partial charge in [0.2, 0.25) is 0 Å². The molecule has 60 valence electrons. The number of furan rings is 1. The zero-order valence-corrected chi connectivity index (χ0v) is 8.35. The van der Waals surface area contributed by atoms with E-state index in [-0.39, 0.29) is 0 Å². The Bertz CT molecular complexity index is 255. The molecule has 0 N–H and O–H groups in total. The average Bonchev–Trinajstić information content (AvgIpc) is 2.31. The van der Waals surface area contributed by atoms with Crippen LogP contribution in [0.5, 0.6) is 0 Å². The zero-order valence-electron chi connectivity index (χ0n) is 7.35. The minimum absolute atomic E-state index is 1.16. The van der Waals surface area contributed by atoms with Crippen LogP contribution < -0.4 is 5.19 Å². The topological polar surface area (TPSA) is 13.1 Å². The summed E-state index contributed by atoms with van der Waals surface area (Å²) < 4.78 is 5.13. The van der Waals surface area contributed by atoms with Crippen LogP contribution in [0.15, 0.2) is 23.5 Å². The van der Waals surface area contributed by atoms with Gasteiger partial charge in [0.05, 0.1) is 20.6 Å². The Morgan fingerprint density at radius 3 is 2.36 bits per heavy atom. The van der Waals surface area contributed by atoms with Crippen molar-refractivity contribution < 1.29 is 4.42 Å². The summed E-state index contributed by atoms with van der Waals surface area (Å²) in [4.78, 5) is 0. The highest BCUT2D eigenvalue weighted by atomic mass is 28.3. The molecule has 0 amide bonds. The maximum atomic E-state index is 5.13. The van der Waals surface area contributed by atoms with Crippen molar-refractivity contribution in [2.75, 3.05) is 0 Å². The molecule has 0 aromatic carbocycles. The number of rotatable bonds is 2. The Labute approximate surface area is 68.7 Å². The van der Waals surface area contributed by atoms with Gasteiger partial charge in [-0.1, -0.05) is 32.3 Å². The van der Waals surface area contributed by atoms with Crippen molar-refractivity contribution in [3.8, 4) is 0 Å². The monoisotopic (exact) mass is 166 g/mol. The van der Waals surface area contributed by atoms with Gasteiger partial charge >= 0.3 is 0 Å². The molecule has 11 heavy (non-hydrogen) atoms. The summed E-state index contributed by atoms with van der Waals surface area (Å²) >= 11 is 0. The van der Waals surface area contributed by atoms with E-state index in [1.807, 2.05) is 12.3 Å². The van der Waals surface area contributed by atoms with Gasteiger partial charge in [-0.25, -0.2) is 0 Å². The fourth-order valence-electron chi connectivity index (χ4n) is 1.07. The Morgan fingerprint density at radius 2 is 2.00 bits per heavy atom.